The van der Waals surface area contributed by atoms with Crippen LogP contribution in [0.15, 0.2) is 42.6 Å². The van der Waals surface area contributed by atoms with E-state index < -0.39 is 17.9 Å². The van der Waals surface area contributed by atoms with E-state index in [0.717, 1.165) is 41.3 Å². The molecule has 0 radical (unpaired) electrons. The number of aliphatic carboxylic acids is 1. The molecule has 0 saturated heterocycles. The Labute approximate surface area is 212 Å². The normalized spacial score (nSPS) is 18.7. The summed E-state index contributed by atoms with van der Waals surface area (Å²) in [4.78, 5) is 34.8. The summed E-state index contributed by atoms with van der Waals surface area (Å²) in [6.07, 6.45) is 6.90. The molecule has 1 aromatic carbocycles. The summed E-state index contributed by atoms with van der Waals surface area (Å²) in [5, 5.41) is 12.0. The molecule has 2 amide bonds. The molecule has 0 spiro atoms. The van der Waals surface area contributed by atoms with Crippen LogP contribution in [0.3, 0.4) is 0 Å². The number of amides is 2. The molecule has 8 nitrogen and oxygen atoms in total. The number of anilines is 2. The summed E-state index contributed by atoms with van der Waals surface area (Å²) in [5.74, 6) is -0.533. The number of pyridine rings is 2. The van der Waals surface area contributed by atoms with Crippen molar-refractivity contribution in [3.63, 3.8) is 0 Å². The quantitative estimate of drug-likeness (QED) is 0.447. The molecule has 1 unspecified atom stereocenters. The number of carboxylic acids is 1. The third-order valence-electron chi connectivity index (χ3n) is 7.05. The summed E-state index contributed by atoms with van der Waals surface area (Å²) in [7, 11) is 0. The minimum atomic E-state index is -1.05. The molecule has 4 heterocycles. The van der Waals surface area contributed by atoms with E-state index in [4.69, 9.17) is 14.8 Å². The van der Waals surface area contributed by atoms with Crippen LogP contribution in [0.2, 0.25) is 0 Å². The number of carboxylic acid groups (broad SMARTS) is 1. The largest absolute Gasteiger partial charge is 0.484 e. The minimum absolute atomic E-state index is 0.285. The van der Waals surface area contributed by atoms with E-state index in [0.29, 0.717) is 48.1 Å². The maximum absolute atomic E-state index is 14.4. The molecule has 1 fully saturated rings. The number of benzene rings is 1. The van der Waals surface area contributed by atoms with E-state index in [2.05, 4.69) is 10.3 Å². The Balaban J connectivity index is 1.34. The van der Waals surface area contributed by atoms with Crippen LogP contribution in [-0.4, -0.2) is 27.1 Å². The lowest BCUT2D eigenvalue weighted by atomic mass is 9.96. The molecular weight excluding hydrogens is 475 g/mol. The molecule has 3 aromatic rings. The molecule has 3 aliphatic rings. The second-order valence-corrected chi connectivity index (χ2v) is 9.68. The molecule has 0 bridgehead atoms. The van der Waals surface area contributed by atoms with Crippen molar-refractivity contribution in [3.8, 4) is 5.75 Å². The number of hydrogen-bond donors (Lipinski definition) is 2. The highest BCUT2D eigenvalue weighted by Crippen LogP contribution is 2.45. The monoisotopic (exact) mass is 500 g/mol. The fourth-order valence-corrected chi connectivity index (χ4v) is 5.09. The van der Waals surface area contributed by atoms with Crippen molar-refractivity contribution in [2.45, 2.75) is 51.2 Å². The second kappa shape index (κ2) is 8.99. The third kappa shape index (κ3) is 4.41. The number of carbonyl (C=O) groups excluding carboxylic acids is 1. The molecule has 188 valence electrons. The van der Waals surface area contributed by atoms with Crippen molar-refractivity contribution in [2.75, 3.05) is 10.2 Å². The van der Waals surface area contributed by atoms with Gasteiger partial charge in [0.2, 0.25) is 0 Å². The first kappa shape index (κ1) is 23.1. The number of rotatable bonds is 5. The third-order valence-corrected chi connectivity index (χ3v) is 7.05. The molecular formula is C28H25FN4O4. The summed E-state index contributed by atoms with van der Waals surface area (Å²) in [5.41, 5.74) is 5.93. The molecule has 1 aliphatic carbocycles. The Kier molecular flexibility index (Phi) is 5.62. The van der Waals surface area contributed by atoms with Crippen LogP contribution in [0.1, 0.15) is 65.1 Å². The topological polar surface area (TPSA) is 105 Å². The Hall–Kier alpha value is -4.27. The fourth-order valence-electron chi connectivity index (χ4n) is 5.09. The molecule has 2 aromatic heterocycles. The predicted octanol–water partition coefficient (Wildman–Crippen LogP) is 5.52. The zero-order chi connectivity index (χ0) is 25.7. The van der Waals surface area contributed by atoms with Gasteiger partial charge in [0, 0.05) is 29.8 Å². The number of urea groups is 1. The van der Waals surface area contributed by atoms with E-state index in [1.165, 1.54) is 12.1 Å². The number of nitrogens with zero attached hydrogens (tertiary/aromatic N) is 3. The number of ether oxygens (including phenoxy) is 1. The van der Waals surface area contributed by atoms with Crippen molar-refractivity contribution < 1.29 is 23.8 Å². The van der Waals surface area contributed by atoms with Crippen LogP contribution in [-0.2, 0) is 17.8 Å². The minimum Gasteiger partial charge on any atom is -0.484 e. The van der Waals surface area contributed by atoms with Gasteiger partial charge in [-0.3, -0.25) is 14.9 Å². The van der Waals surface area contributed by atoms with Crippen molar-refractivity contribution in [1.29, 1.82) is 0 Å². The molecule has 6 rings (SSSR count). The Bertz CT molecular complexity index is 1470. The van der Waals surface area contributed by atoms with Gasteiger partial charge in [-0.2, -0.15) is 0 Å². The van der Waals surface area contributed by atoms with Gasteiger partial charge in [0.15, 0.2) is 0 Å². The molecule has 37 heavy (non-hydrogen) atoms. The highest BCUT2D eigenvalue weighted by molar-refractivity contribution is 6.05. The highest BCUT2D eigenvalue weighted by Gasteiger charge is 2.35. The van der Waals surface area contributed by atoms with E-state index in [1.807, 2.05) is 19.1 Å². The lowest BCUT2D eigenvalue weighted by Gasteiger charge is -2.33. The van der Waals surface area contributed by atoms with Gasteiger partial charge in [-0.25, -0.2) is 14.0 Å². The number of hydrogen-bond acceptors (Lipinski definition) is 5. The van der Waals surface area contributed by atoms with Gasteiger partial charge in [-0.15, -0.1) is 0 Å². The van der Waals surface area contributed by atoms with Crippen LogP contribution in [0.4, 0.5) is 20.6 Å². The zero-order valence-electron chi connectivity index (χ0n) is 20.2. The SMILES string of the molecule is Cc1cc2c(cc1N1Cc3c(cc(C=CC(=O)O)nc3C3CC3)NC1=O)OC(c1ncccc1F)CC2. The first-order chi connectivity index (χ1) is 17.9. The second-order valence-electron chi connectivity index (χ2n) is 9.68. The van der Waals surface area contributed by atoms with Crippen LogP contribution < -0.4 is 15.0 Å². The van der Waals surface area contributed by atoms with E-state index in [1.54, 1.807) is 23.2 Å². The van der Waals surface area contributed by atoms with Gasteiger partial charge in [-0.1, -0.05) is 6.07 Å². The summed E-state index contributed by atoms with van der Waals surface area (Å²) in [6.45, 7) is 2.30. The average Bonchev–Trinajstić information content (AvgIpc) is 3.72. The molecule has 2 aliphatic heterocycles. The maximum atomic E-state index is 14.4. The van der Waals surface area contributed by atoms with Gasteiger partial charge in [-0.05, 0) is 68.0 Å². The van der Waals surface area contributed by atoms with Crippen molar-refractivity contribution in [3.05, 3.63) is 82.2 Å². The molecule has 2 N–H and O–H groups in total. The number of aromatic nitrogens is 2. The summed E-state index contributed by atoms with van der Waals surface area (Å²) in [6, 6.07) is 8.24. The molecule has 1 atom stereocenters. The fraction of sp³-hybridized carbons (Fsp3) is 0.286. The van der Waals surface area contributed by atoms with Gasteiger partial charge in [0.1, 0.15) is 23.4 Å². The molecule has 1 saturated carbocycles. The van der Waals surface area contributed by atoms with Crippen LogP contribution >= 0.6 is 0 Å². The Morgan fingerprint density at radius 1 is 1.24 bits per heavy atom. The Morgan fingerprint density at radius 3 is 2.84 bits per heavy atom. The standard InChI is InChI=1S/C28H25FN4O4/c1-15-11-17-6-8-23(27-20(29)3-2-10-30-27)37-24(17)13-22(15)33-14-19-21(32-28(33)36)12-18(7-9-25(34)35)31-26(19)16-4-5-16/h2-3,7,9-13,16,23H,4-6,8,14H2,1H3,(H,32,36)(H,34,35). The smallest absolute Gasteiger partial charge is 0.328 e. The number of aryl methyl sites for hydroxylation is 2. The zero-order valence-corrected chi connectivity index (χ0v) is 20.2. The maximum Gasteiger partial charge on any atom is 0.328 e. The number of carbonyl (C=O) groups is 2. The van der Waals surface area contributed by atoms with Crippen LogP contribution in [0.5, 0.6) is 5.75 Å². The summed E-state index contributed by atoms with van der Waals surface area (Å²) >= 11 is 0. The van der Waals surface area contributed by atoms with Gasteiger partial charge >= 0.3 is 12.0 Å². The Morgan fingerprint density at radius 2 is 2.08 bits per heavy atom. The van der Waals surface area contributed by atoms with Crippen molar-refractivity contribution >= 4 is 29.5 Å². The first-order valence-electron chi connectivity index (χ1n) is 12.3. The molecule has 9 heteroatoms. The number of fused-ring (bicyclic) bond motifs is 2. The first-order valence-corrected chi connectivity index (χ1v) is 12.3. The highest BCUT2D eigenvalue weighted by atomic mass is 19.1. The van der Waals surface area contributed by atoms with Gasteiger partial charge in [0.05, 0.1) is 29.3 Å². The van der Waals surface area contributed by atoms with Crippen molar-refractivity contribution in [1.82, 2.24) is 9.97 Å². The van der Waals surface area contributed by atoms with E-state index >= 15 is 0 Å². The lowest BCUT2D eigenvalue weighted by Crippen LogP contribution is -2.40. The average molecular weight is 501 g/mol. The van der Waals surface area contributed by atoms with Gasteiger partial charge in [0.25, 0.3) is 0 Å². The number of halogens is 1. The van der Waals surface area contributed by atoms with Crippen molar-refractivity contribution in [2.24, 2.45) is 0 Å². The van der Waals surface area contributed by atoms with E-state index in [9.17, 15) is 14.0 Å². The van der Waals surface area contributed by atoms with Gasteiger partial charge < -0.3 is 15.2 Å². The number of nitrogens with one attached hydrogen (secondary N) is 1. The lowest BCUT2D eigenvalue weighted by molar-refractivity contribution is -0.131. The van der Waals surface area contributed by atoms with Crippen LogP contribution in [0, 0.1) is 12.7 Å². The predicted molar refractivity (Wildman–Crippen MR) is 135 cm³/mol. The van der Waals surface area contributed by atoms with E-state index in [-0.39, 0.29) is 11.7 Å². The summed E-state index contributed by atoms with van der Waals surface area (Å²) < 4.78 is 20.6. The van der Waals surface area contributed by atoms with Crippen LogP contribution in [0.25, 0.3) is 6.08 Å².